The number of carbonyl (C=O) groups excluding carboxylic acids is 3. The molecular formula is C20H26N4O3. The van der Waals surface area contributed by atoms with E-state index in [2.05, 4.69) is 10.2 Å². The molecule has 0 radical (unpaired) electrons. The van der Waals surface area contributed by atoms with E-state index in [0.717, 1.165) is 38.6 Å². The van der Waals surface area contributed by atoms with Crippen molar-refractivity contribution in [3.63, 3.8) is 0 Å². The van der Waals surface area contributed by atoms with Crippen molar-refractivity contribution in [1.82, 2.24) is 9.80 Å². The van der Waals surface area contributed by atoms with Crippen LogP contribution in [0.3, 0.4) is 0 Å². The predicted molar refractivity (Wildman–Crippen MR) is 102 cm³/mol. The second kappa shape index (κ2) is 7.68. The summed E-state index contributed by atoms with van der Waals surface area (Å²) >= 11 is 0. The molecule has 1 N–H and O–H groups in total. The monoisotopic (exact) mass is 370 g/mol. The van der Waals surface area contributed by atoms with Gasteiger partial charge in [0, 0.05) is 45.6 Å². The SMILES string of the molecule is O=C1CN(C(=O)CCC(=O)N2CCN(CC3CC3)CC2)c2ccccc2N1. The van der Waals surface area contributed by atoms with Crippen molar-refractivity contribution >= 4 is 29.1 Å². The Bertz CT molecular complexity index is 738. The maximum atomic E-state index is 12.6. The van der Waals surface area contributed by atoms with Crippen LogP contribution in [0.1, 0.15) is 25.7 Å². The summed E-state index contributed by atoms with van der Waals surface area (Å²) in [6.45, 7) is 4.51. The van der Waals surface area contributed by atoms with Gasteiger partial charge in [-0.3, -0.25) is 19.3 Å². The first-order valence-electron chi connectivity index (χ1n) is 9.79. The van der Waals surface area contributed by atoms with E-state index in [9.17, 15) is 14.4 Å². The quantitative estimate of drug-likeness (QED) is 0.848. The van der Waals surface area contributed by atoms with Crippen LogP contribution in [0.2, 0.25) is 0 Å². The van der Waals surface area contributed by atoms with Gasteiger partial charge in [0.05, 0.1) is 11.4 Å². The van der Waals surface area contributed by atoms with Crippen molar-refractivity contribution < 1.29 is 14.4 Å². The first kappa shape index (κ1) is 18.0. The fourth-order valence-electron chi connectivity index (χ4n) is 3.81. The standard InChI is InChI=1S/C20H26N4O3/c25-18-14-24(17-4-2-1-3-16(17)21-18)20(27)8-7-19(26)23-11-9-22(10-12-23)13-15-5-6-15/h1-4,15H,5-14H2,(H,21,25). The van der Waals surface area contributed by atoms with Gasteiger partial charge in [0.2, 0.25) is 17.7 Å². The van der Waals surface area contributed by atoms with Crippen molar-refractivity contribution in [3.05, 3.63) is 24.3 Å². The normalized spacial score (nSPS) is 20.2. The van der Waals surface area contributed by atoms with Gasteiger partial charge in [0.25, 0.3) is 0 Å². The maximum absolute atomic E-state index is 12.6. The second-order valence-corrected chi connectivity index (χ2v) is 7.67. The number of fused-ring (bicyclic) bond motifs is 1. The Morgan fingerprint density at radius 1 is 1.00 bits per heavy atom. The molecule has 144 valence electrons. The molecule has 1 saturated heterocycles. The number of anilines is 2. The molecule has 0 aromatic heterocycles. The number of nitrogens with zero attached hydrogens (tertiary/aromatic N) is 3. The van der Waals surface area contributed by atoms with E-state index >= 15 is 0 Å². The molecule has 2 heterocycles. The van der Waals surface area contributed by atoms with E-state index in [-0.39, 0.29) is 37.1 Å². The van der Waals surface area contributed by atoms with Crippen molar-refractivity contribution in [1.29, 1.82) is 0 Å². The van der Waals surface area contributed by atoms with E-state index in [1.807, 2.05) is 23.1 Å². The van der Waals surface area contributed by atoms with Crippen molar-refractivity contribution in [2.24, 2.45) is 5.92 Å². The third-order valence-electron chi connectivity index (χ3n) is 5.56. The Kier molecular flexibility index (Phi) is 5.11. The van der Waals surface area contributed by atoms with Crippen LogP contribution in [0.4, 0.5) is 11.4 Å². The third kappa shape index (κ3) is 4.30. The molecule has 1 aromatic rings. The van der Waals surface area contributed by atoms with Gasteiger partial charge in [-0.2, -0.15) is 0 Å². The van der Waals surface area contributed by atoms with Crippen LogP contribution in [0.5, 0.6) is 0 Å². The lowest BCUT2D eigenvalue weighted by molar-refractivity contribution is -0.134. The molecule has 3 amide bonds. The zero-order chi connectivity index (χ0) is 18.8. The molecule has 3 aliphatic rings. The minimum atomic E-state index is -0.208. The summed E-state index contributed by atoms with van der Waals surface area (Å²) in [7, 11) is 0. The van der Waals surface area contributed by atoms with Crippen LogP contribution < -0.4 is 10.2 Å². The van der Waals surface area contributed by atoms with Crippen LogP contribution in [-0.2, 0) is 14.4 Å². The average Bonchev–Trinajstić information content (AvgIpc) is 3.49. The molecule has 4 rings (SSSR count). The van der Waals surface area contributed by atoms with Crippen LogP contribution in [0.15, 0.2) is 24.3 Å². The number of hydrogen-bond acceptors (Lipinski definition) is 4. The van der Waals surface area contributed by atoms with Gasteiger partial charge >= 0.3 is 0 Å². The number of amides is 3. The highest BCUT2D eigenvalue weighted by molar-refractivity contribution is 6.10. The highest BCUT2D eigenvalue weighted by Crippen LogP contribution is 2.30. The number of para-hydroxylation sites is 2. The highest BCUT2D eigenvalue weighted by Gasteiger charge is 2.29. The number of nitrogens with one attached hydrogen (secondary N) is 1. The Morgan fingerprint density at radius 2 is 1.70 bits per heavy atom. The largest absolute Gasteiger partial charge is 0.340 e. The highest BCUT2D eigenvalue weighted by atomic mass is 16.2. The number of rotatable bonds is 5. The van der Waals surface area contributed by atoms with Gasteiger partial charge in [-0.15, -0.1) is 0 Å². The Morgan fingerprint density at radius 3 is 2.44 bits per heavy atom. The van der Waals surface area contributed by atoms with E-state index in [1.165, 1.54) is 17.7 Å². The van der Waals surface area contributed by atoms with Crippen LogP contribution in [0.25, 0.3) is 0 Å². The number of piperazine rings is 1. The van der Waals surface area contributed by atoms with E-state index in [0.29, 0.717) is 11.4 Å². The van der Waals surface area contributed by atoms with Gasteiger partial charge in [-0.1, -0.05) is 12.1 Å². The summed E-state index contributed by atoms with van der Waals surface area (Å²) in [5.74, 6) is 0.511. The fraction of sp³-hybridized carbons (Fsp3) is 0.550. The molecule has 0 spiro atoms. The lowest BCUT2D eigenvalue weighted by Crippen LogP contribution is -2.49. The van der Waals surface area contributed by atoms with E-state index in [1.54, 1.807) is 6.07 Å². The van der Waals surface area contributed by atoms with Crippen molar-refractivity contribution in [2.45, 2.75) is 25.7 Å². The molecule has 27 heavy (non-hydrogen) atoms. The Hall–Kier alpha value is -2.41. The molecule has 2 aliphatic heterocycles. The molecule has 0 atom stereocenters. The first-order chi connectivity index (χ1) is 13.1. The molecular weight excluding hydrogens is 344 g/mol. The van der Waals surface area contributed by atoms with Gasteiger partial charge in [0.1, 0.15) is 6.54 Å². The number of carbonyl (C=O) groups is 3. The average molecular weight is 370 g/mol. The summed E-state index contributed by atoms with van der Waals surface area (Å²) in [5, 5.41) is 2.77. The minimum absolute atomic E-state index is 0.00385. The van der Waals surface area contributed by atoms with Gasteiger partial charge in [-0.25, -0.2) is 0 Å². The van der Waals surface area contributed by atoms with E-state index < -0.39 is 0 Å². The number of hydrogen-bond donors (Lipinski definition) is 1. The van der Waals surface area contributed by atoms with E-state index in [4.69, 9.17) is 0 Å². The molecule has 7 nitrogen and oxygen atoms in total. The maximum Gasteiger partial charge on any atom is 0.244 e. The lowest BCUT2D eigenvalue weighted by atomic mass is 10.1. The zero-order valence-electron chi connectivity index (χ0n) is 15.5. The third-order valence-corrected chi connectivity index (χ3v) is 5.56. The van der Waals surface area contributed by atoms with Crippen molar-refractivity contribution in [2.75, 3.05) is 49.5 Å². The van der Waals surface area contributed by atoms with Crippen LogP contribution >= 0.6 is 0 Å². The summed E-state index contributed by atoms with van der Waals surface area (Å²) < 4.78 is 0. The second-order valence-electron chi connectivity index (χ2n) is 7.67. The summed E-state index contributed by atoms with van der Waals surface area (Å²) in [4.78, 5) is 42.8. The Labute approximate surface area is 159 Å². The molecule has 1 aromatic carbocycles. The topological polar surface area (TPSA) is 73.0 Å². The smallest absolute Gasteiger partial charge is 0.244 e. The van der Waals surface area contributed by atoms with Gasteiger partial charge in [0.15, 0.2) is 0 Å². The lowest BCUT2D eigenvalue weighted by Gasteiger charge is -2.35. The molecule has 1 saturated carbocycles. The first-order valence-corrected chi connectivity index (χ1v) is 9.79. The summed E-state index contributed by atoms with van der Waals surface area (Å²) in [6.07, 6.45) is 3.02. The minimum Gasteiger partial charge on any atom is -0.340 e. The van der Waals surface area contributed by atoms with Crippen LogP contribution in [0, 0.1) is 5.92 Å². The zero-order valence-corrected chi connectivity index (χ0v) is 15.5. The predicted octanol–water partition coefficient (Wildman–Crippen LogP) is 1.31. The Balaban J connectivity index is 1.28. The summed E-state index contributed by atoms with van der Waals surface area (Å²) in [6, 6.07) is 7.24. The molecule has 2 fully saturated rings. The van der Waals surface area contributed by atoms with Crippen molar-refractivity contribution in [3.8, 4) is 0 Å². The molecule has 0 unspecified atom stereocenters. The molecule has 7 heteroatoms. The summed E-state index contributed by atoms with van der Waals surface area (Å²) in [5.41, 5.74) is 1.34. The molecule has 1 aliphatic carbocycles. The van der Waals surface area contributed by atoms with Gasteiger partial charge in [-0.05, 0) is 30.9 Å². The fourth-order valence-corrected chi connectivity index (χ4v) is 3.81. The molecule has 0 bridgehead atoms. The number of benzene rings is 1. The van der Waals surface area contributed by atoms with Gasteiger partial charge < -0.3 is 15.1 Å². The van der Waals surface area contributed by atoms with Crippen LogP contribution in [-0.4, -0.2) is 66.8 Å².